The van der Waals surface area contributed by atoms with E-state index >= 15 is 0 Å². The third-order valence-electron chi connectivity index (χ3n) is 18.0. The molecule has 5 fully saturated rings. The summed E-state index contributed by atoms with van der Waals surface area (Å²) < 4.78 is 54.2. The number of hydrogen-bond donors (Lipinski definition) is 4. The van der Waals surface area contributed by atoms with E-state index in [1.807, 2.05) is 55.6 Å². The van der Waals surface area contributed by atoms with Crippen LogP contribution in [0.25, 0.3) is 11.0 Å². The van der Waals surface area contributed by atoms with Gasteiger partial charge in [0.25, 0.3) is 27.5 Å². The summed E-state index contributed by atoms with van der Waals surface area (Å²) >= 11 is 6.97. The van der Waals surface area contributed by atoms with Crippen molar-refractivity contribution in [2.75, 3.05) is 81.8 Å². The van der Waals surface area contributed by atoms with Gasteiger partial charge in [0, 0.05) is 99.1 Å². The molecular formula is C59H69ClN10O10S. The topological polar surface area (TPSA) is 230 Å². The van der Waals surface area contributed by atoms with E-state index in [0.29, 0.717) is 79.5 Å². The highest BCUT2D eigenvalue weighted by Crippen LogP contribution is 2.54. The average Bonchev–Trinajstić information content (AvgIpc) is 3.93. The second-order valence-electron chi connectivity index (χ2n) is 23.2. The molecule has 81 heavy (non-hydrogen) atoms. The van der Waals surface area contributed by atoms with E-state index in [4.69, 9.17) is 35.5 Å². The molecule has 3 aromatic carbocycles. The van der Waals surface area contributed by atoms with Crippen molar-refractivity contribution in [1.82, 2.24) is 29.5 Å². The second kappa shape index (κ2) is 22.2. The molecule has 428 valence electrons. The van der Waals surface area contributed by atoms with Crippen LogP contribution in [0.2, 0.25) is 5.02 Å². The van der Waals surface area contributed by atoms with Gasteiger partial charge in [0.15, 0.2) is 5.75 Å². The average molecular weight is 1150 g/mol. The van der Waals surface area contributed by atoms with Crippen molar-refractivity contribution in [1.29, 1.82) is 0 Å². The lowest BCUT2D eigenvalue weighted by Crippen LogP contribution is -2.59. The number of anilines is 4. The molecule has 6 aliphatic rings. The van der Waals surface area contributed by atoms with E-state index in [-0.39, 0.29) is 41.3 Å². The molecule has 4 aliphatic heterocycles. The van der Waals surface area contributed by atoms with Crippen molar-refractivity contribution in [2.45, 2.75) is 106 Å². The molecule has 6 aromatic rings. The number of nitro groups is 1. The SMILES string of the molecule is COc1cc(CN2CCN(C3CC4(CCN(c5ccc(C(=O)NS(=O)(=O)c6ccc(NC[C@H]7CC[C@](C)(O)CC7)c([N+](=O)[O-])c6)c(N6c7cc8cc[nH]c8nc7O[C@H]7COCC[C@@H]76)c5)CC4)C3)[C@@H](c3ccccc3Cl)C2)cnc1OC. The molecule has 1 spiro atoms. The number of H-pyrrole nitrogens is 1. The number of pyridine rings is 2. The molecule has 20 nitrogen and oxygen atoms in total. The number of carbonyl (C=O) groups excluding carboxylic acids is 1. The summed E-state index contributed by atoms with van der Waals surface area (Å²) in [7, 11) is -1.44. The molecule has 3 atom stereocenters. The minimum Gasteiger partial charge on any atom is -0.491 e. The minimum absolute atomic E-state index is 0.0951. The molecule has 2 saturated carbocycles. The maximum Gasteiger partial charge on any atom is 0.293 e. The zero-order valence-corrected chi connectivity index (χ0v) is 47.4. The Morgan fingerprint density at radius 3 is 2.53 bits per heavy atom. The van der Waals surface area contributed by atoms with E-state index in [9.17, 15) is 28.4 Å². The molecular weight excluding hydrogens is 1080 g/mol. The first-order valence-corrected chi connectivity index (χ1v) is 29.9. The molecule has 0 bridgehead atoms. The molecule has 1 amide bonds. The number of amides is 1. The van der Waals surface area contributed by atoms with Gasteiger partial charge in [-0.25, -0.2) is 18.1 Å². The van der Waals surface area contributed by atoms with Crippen molar-refractivity contribution < 1.29 is 42.2 Å². The van der Waals surface area contributed by atoms with Gasteiger partial charge in [-0.15, -0.1) is 0 Å². The van der Waals surface area contributed by atoms with Gasteiger partial charge in [0.1, 0.15) is 23.1 Å². The van der Waals surface area contributed by atoms with Crippen LogP contribution < -0.4 is 34.0 Å². The van der Waals surface area contributed by atoms with E-state index in [1.54, 1.807) is 26.5 Å². The van der Waals surface area contributed by atoms with Crippen molar-refractivity contribution >= 4 is 67.0 Å². The summed E-state index contributed by atoms with van der Waals surface area (Å²) in [5.74, 6) is 0.709. The fraction of sp³-hybridized carbons (Fsp3) is 0.475. The van der Waals surface area contributed by atoms with Crippen LogP contribution in [0.3, 0.4) is 0 Å². The van der Waals surface area contributed by atoms with Gasteiger partial charge in [-0.2, -0.15) is 4.98 Å². The number of carbonyl (C=O) groups is 1. The largest absolute Gasteiger partial charge is 0.491 e. The lowest BCUT2D eigenvalue weighted by molar-refractivity contribution is -0.384. The van der Waals surface area contributed by atoms with Gasteiger partial charge < -0.3 is 44.2 Å². The first kappa shape index (κ1) is 54.8. The van der Waals surface area contributed by atoms with Crippen LogP contribution in [0.1, 0.15) is 92.2 Å². The molecule has 3 saturated heterocycles. The molecule has 4 N–H and O–H groups in total. The van der Waals surface area contributed by atoms with Crippen molar-refractivity contribution in [3.05, 3.63) is 123 Å². The number of piperidine rings is 1. The summed E-state index contributed by atoms with van der Waals surface area (Å²) in [6.45, 7) is 7.85. The summed E-state index contributed by atoms with van der Waals surface area (Å²) in [5, 5.41) is 27.6. The number of hydrogen-bond acceptors (Lipinski definition) is 17. The lowest BCUT2D eigenvalue weighted by atomic mass is 9.59. The van der Waals surface area contributed by atoms with Gasteiger partial charge in [0.05, 0.1) is 53.5 Å². The fourth-order valence-corrected chi connectivity index (χ4v) is 14.7. The van der Waals surface area contributed by atoms with Gasteiger partial charge in [-0.05, 0) is 142 Å². The standard InChI is InChI=1S/C59H69ClN10O10S/c1-58(72)16-12-37(13-17-58)32-62-46-11-9-42(29-49(46)70(73)74)81(75,76)65-55(71)44-10-8-40(28-48(44)69-47-15-25-79-36-53(47)80-56-50(69)27-39-14-20-61-54(39)64-56)67-21-18-59(19-22-67)30-41(31-59)68-24-23-66(35-51(68)43-6-4-5-7-45(43)60)34-38-26-52(77-2)57(78-3)63-33-38/h4-11,14,20,26-29,33,37,41,47,51,53,62,72H,12-13,15-19,21-25,30-32,34-36H2,1-3H3,(H,61,64)(H,65,71)/t37-,47-,51+,53-,58-/m0/s1. The highest BCUT2D eigenvalue weighted by molar-refractivity contribution is 7.90. The van der Waals surface area contributed by atoms with Gasteiger partial charge in [0.2, 0.25) is 5.88 Å². The Balaban J connectivity index is 0.790. The molecule has 22 heteroatoms. The first-order valence-electron chi connectivity index (χ1n) is 28.1. The first-order chi connectivity index (χ1) is 39.1. The molecule has 0 unspecified atom stereocenters. The normalized spacial score (nSPS) is 24.2. The van der Waals surface area contributed by atoms with Crippen LogP contribution in [0.15, 0.2) is 96.2 Å². The quantitative estimate of drug-likeness (QED) is 0.0555. The zero-order valence-electron chi connectivity index (χ0n) is 45.8. The van der Waals surface area contributed by atoms with Crippen LogP contribution in [0.5, 0.6) is 17.5 Å². The fourth-order valence-electron chi connectivity index (χ4n) is 13.4. The number of sulfonamides is 1. The number of aliphatic hydroxyl groups is 1. The number of piperazine rings is 1. The van der Waals surface area contributed by atoms with Gasteiger partial charge in [-0.3, -0.25) is 24.7 Å². The lowest BCUT2D eigenvalue weighted by Gasteiger charge is -2.58. The monoisotopic (exact) mass is 1140 g/mol. The Morgan fingerprint density at radius 2 is 1.77 bits per heavy atom. The maximum atomic E-state index is 14.8. The van der Waals surface area contributed by atoms with Crippen LogP contribution >= 0.6 is 11.6 Å². The predicted molar refractivity (Wildman–Crippen MR) is 308 cm³/mol. The summed E-state index contributed by atoms with van der Waals surface area (Å²) in [6.07, 6.45) is 10.6. The van der Waals surface area contributed by atoms with E-state index in [1.165, 1.54) is 12.1 Å². The van der Waals surface area contributed by atoms with Crippen LogP contribution in [0.4, 0.5) is 28.4 Å². The Hall–Kier alpha value is -6.75. The number of nitrogens with one attached hydrogen (secondary N) is 3. The molecule has 12 rings (SSSR count). The number of aromatic nitrogens is 3. The Bertz CT molecular complexity index is 3450. The number of aromatic amines is 1. The Kier molecular flexibility index (Phi) is 15.0. The van der Waals surface area contributed by atoms with E-state index in [2.05, 4.69) is 51.7 Å². The summed E-state index contributed by atoms with van der Waals surface area (Å²) in [5.41, 5.74) is 4.08. The third-order valence-corrected chi connectivity index (χ3v) is 19.7. The molecule has 7 heterocycles. The number of halogens is 1. The number of rotatable bonds is 15. The van der Waals surface area contributed by atoms with Crippen molar-refractivity contribution in [3.63, 3.8) is 0 Å². The Labute approximate surface area is 476 Å². The minimum atomic E-state index is -4.65. The van der Waals surface area contributed by atoms with Crippen molar-refractivity contribution in [2.24, 2.45) is 11.3 Å². The van der Waals surface area contributed by atoms with Gasteiger partial charge in [-0.1, -0.05) is 29.8 Å². The summed E-state index contributed by atoms with van der Waals surface area (Å²) in [4.78, 5) is 48.3. The number of nitrogens with zero attached hydrogens (tertiary/aromatic N) is 7. The molecule has 2 aliphatic carbocycles. The summed E-state index contributed by atoms with van der Waals surface area (Å²) in [6, 6.07) is 23.4. The smallest absolute Gasteiger partial charge is 0.293 e. The molecule has 3 aromatic heterocycles. The van der Waals surface area contributed by atoms with E-state index in [0.717, 1.165) is 105 Å². The maximum absolute atomic E-state index is 14.8. The number of fused-ring (bicyclic) bond motifs is 3. The zero-order chi connectivity index (χ0) is 56.2. The highest BCUT2D eigenvalue weighted by Gasteiger charge is 2.50. The van der Waals surface area contributed by atoms with E-state index < -0.39 is 43.1 Å². The molecule has 0 radical (unpaired) electrons. The second-order valence-corrected chi connectivity index (χ2v) is 25.3. The Morgan fingerprint density at radius 1 is 0.963 bits per heavy atom. The predicted octanol–water partition coefficient (Wildman–Crippen LogP) is 9.00. The highest BCUT2D eigenvalue weighted by atomic mass is 35.5. The number of methoxy groups -OCH3 is 2. The number of nitro benzene ring substituents is 1. The number of benzene rings is 3. The van der Waals surface area contributed by atoms with Crippen molar-refractivity contribution in [3.8, 4) is 17.5 Å². The van der Waals surface area contributed by atoms with Crippen LogP contribution in [-0.4, -0.2) is 140 Å². The number of ether oxygens (including phenoxy) is 4. The van der Waals surface area contributed by atoms with Crippen LogP contribution in [-0.2, 0) is 21.3 Å². The van der Waals surface area contributed by atoms with Gasteiger partial charge >= 0.3 is 0 Å². The van der Waals surface area contributed by atoms with Crippen LogP contribution in [0, 0.1) is 21.4 Å². The third kappa shape index (κ3) is 11.1.